The largest absolute Gasteiger partial charge is 0.324 e. The van der Waals surface area contributed by atoms with Gasteiger partial charge in [0.15, 0.2) is 5.65 Å². The number of aromatic amines is 1. The van der Waals surface area contributed by atoms with Gasteiger partial charge >= 0.3 is 0 Å². The number of nitrogens with zero attached hydrogens (tertiary/aromatic N) is 3. The van der Waals surface area contributed by atoms with Crippen molar-refractivity contribution >= 4 is 22.6 Å². The molecule has 1 aromatic carbocycles. The van der Waals surface area contributed by atoms with Crippen molar-refractivity contribution in [1.29, 1.82) is 0 Å². The maximum Gasteiger partial charge on any atom is 0.228 e. The molecule has 0 aliphatic heterocycles. The van der Waals surface area contributed by atoms with Crippen LogP contribution in [-0.2, 0) is 11.2 Å². The van der Waals surface area contributed by atoms with Crippen LogP contribution >= 0.6 is 0 Å². The lowest BCUT2D eigenvalue weighted by Crippen LogP contribution is -2.15. The highest BCUT2D eigenvalue weighted by Crippen LogP contribution is 2.42. The van der Waals surface area contributed by atoms with Crippen LogP contribution in [0.2, 0.25) is 0 Å². The first-order chi connectivity index (χ1) is 14.2. The number of anilines is 1. The molecule has 4 aromatic rings. The molecule has 5 rings (SSSR count). The topological polar surface area (TPSA) is 83.6 Å². The summed E-state index contributed by atoms with van der Waals surface area (Å²) in [5.41, 5.74) is 4.26. The van der Waals surface area contributed by atoms with Gasteiger partial charge in [-0.1, -0.05) is 12.1 Å². The first-order valence-electron chi connectivity index (χ1n) is 9.50. The zero-order valence-corrected chi connectivity index (χ0v) is 15.5. The van der Waals surface area contributed by atoms with E-state index in [0.717, 1.165) is 35.0 Å². The van der Waals surface area contributed by atoms with Gasteiger partial charge in [-0.2, -0.15) is 5.10 Å². The van der Waals surface area contributed by atoms with Crippen molar-refractivity contribution in [3.8, 4) is 11.1 Å². The van der Waals surface area contributed by atoms with E-state index in [1.165, 1.54) is 6.07 Å². The lowest BCUT2D eigenvalue weighted by atomic mass is 10.0. The predicted octanol–water partition coefficient (Wildman–Crippen LogP) is 4.22. The van der Waals surface area contributed by atoms with E-state index in [9.17, 15) is 9.18 Å². The molecule has 1 aliphatic carbocycles. The first-order valence-corrected chi connectivity index (χ1v) is 9.50. The molecule has 6 nitrogen and oxygen atoms in total. The number of fused-ring (bicyclic) bond motifs is 1. The molecule has 3 aromatic heterocycles. The Morgan fingerprint density at radius 3 is 2.83 bits per heavy atom. The average molecular weight is 387 g/mol. The van der Waals surface area contributed by atoms with E-state index in [0.29, 0.717) is 22.8 Å². The van der Waals surface area contributed by atoms with Crippen molar-refractivity contribution < 1.29 is 9.18 Å². The van der Waals surface area contributed by atoms with Gasteiger partial charge in [0.25, 0.3) is 0 Å². The smallest absolute Gasteiger partial charge is 0.228 e. The molecule has 29 heavy (non-hydrogen) atoms. The molecule has 1 aliphatic rings. The van der Waals surface area contributed by atoms with Gasteiger partial charge in [0.05, 0.1) is 18.3 Å². The van der Waals surface area contributed by atoms with Crippen molar-refractivity contribution in [3.05, 3.63) is 72.1 Å². The Morgan fingerprint density at radius 2 is 2.07 bits per heavy atom. The van der Waals surface area contributed by atoms with Crippen LogP contribution in [0.4, 0.5) is 10.1 Å². The molecule has 2 N–H and O–H groups in total. The van der Waals surface area contributed by atoms with Crippen LogP contribution < -0.4 is 5.32 Å². The molecular weight excluding hydrogens is 369 g/mol. The van der Waals surface area contributed by atoms with Crippen molar-refractivity contribution in [2.24, 2.45) is 0 Å². The fourth-order valence-electron chi connectivity index (χ4n) is 3.44. The molecule has 0 unspecified atom stereocenters. The van der Waals surface area contributed by atoms with Crippen LogP contribution in [-0.4, -0.2) is 26.1 Å². The maximum absolute atomic E-state index is 14.7. The quantitative estimate of drug-likeness (QED) is 0.537. The molecule has 0 spiro atoms. The van der Waals surface area contributed by atoms with E-state index in [2.05, 4.69) is 25.5 Å². The zero-order valence-electron chi connectivity index (χ0n) is 15.5. The Bertz CT molecular complexity index is 1200. The van der Waals surface area contributed by atoms with E-state index in [4.69, 9.17) is 0 Å². The number of H-pyrrole nitrogens is 1. The Hall–Kier alpha value is -3.61. The summed E-state index contributed by atoms with van der Waals surface area (Å²) < 4.78 is 14.7. The number of pyridine rings is 2. The minimum absolute atomic E-state index is 0.0498. The molecule has 0 atom stereocenters. The van der Waals surface area contributed by atoms with E-state index in [1.54, 1.807) is 36.8 Å². The highest BCUT2D eigenvalue weighted by molar-refractivity contribution is 5.92. The van der Waals surface area contributed by atoms with Gasteiger partial charge < -0.3 is 5.32 Å². The minimum atomic E-state index is -0.418. The second-order valence-electron chi connectivity index (χ2n) is 7.28. The van der Waals surface area contributed by atoms with E-state index < -0.39 is 5.82 Å². The van der Waals surface area contributed by atoms with Crippen molar-refractivity contribution in [1.82, 2.24) is 20.2 Å². The molecule has 1 saturated carbocycles. The highest BCUT2D eigenvalue weighted by Gasteiger charge is 2.27. The fraction of sp³-hybridized carbons (Fsp3) is 0.182. The molecule has 144 valence electrons. The second-order valence-corrected chi connectivity index (χ2v) is 7.28. The summed E-state index contributed by atoms with van der Waals surface area (Å²) in [5.74, 6) is -0.187. The number of carbonyl (C=O) groups excluding carboxylic acids is 1. The molecule has 7 heteroatoms. The van der Waals surface area contributed by atoms with Gasteiger partial charge in [0.2, 0.25) is 5.91 Å². The number of amides is 1. The number of rotatable bonds is 5. The molecular formula is C22H18FN5O. The fourth-order valence-corrected chi connectivity index (χ4v) is 3.44. The van der Waals surface area contributed by atoms with Gasteiger partial charge in [0.1, 0.15) is 5.82 Å². The van der Waals surface area contributed by atoms with E-state index >= 15 is 0 Å². The third-order valence-corrected chi connectivity index (χ3v) is 5.11. The van der Waals surface area contributed by atoms with Crippen LogP contribution in [0, 0.1) is 5.82 Å². The summed E-state index contributed by atoms with van der Waals surface area (Å²) >= 11 is 0. The number of benzene rings is 1. The monoisotopic (exact) mass is 387 g/mol. The number of hydrogen-bond acceptors (Lipinski definition) is 4. The lowest BCUT2D eigenvalue weighted by Gasteiger charge is -2.08. The number of aromatic nitrogens is 4. The van der Waals surface area contributed by atoms with Gasteiger partial charge in [0, 0.05) is 35.0 Å². The normalized spacial score (nSPS) is 13.6. The van der Waals surface area contributed by atoms with Crippen LogP contribution in [0.15, 0.2) is 55.0 Å². The van der Waals surface area contributed by atoms with E-state index in [-0.39, 0.29) is 12.3 Å². The second kappa shape index (κ2) is 7.09. The SMILES string of the molecule is O=C(Cc1ccc(-c2cnc3n[nH]c(C4CC4)c3c2)cc1F)Nc1cccnc1. The van der Waals surface area contributed by atoms with Gasteiger partial charge in [-0.25, -0.2) is 9.37 Å². The summed E-state index contributed by atoms with van der Waals surface area (Å²) in [4.78, 5) is 20.5. The van der Waals surface area contributed by atoms with Crippen LogP contribution in [0.5, 0.6) is 0 Å². The zero-order chi connectivity index (χ0) is 19.8. The Kier molecular flexibility index (Phi) is 4.27. The Morgan fingerprint density at radius 1 is 1.17 bits per heavy atom. The minimum Gasteiger partial charge on any atom is -0.324 e. The lowest BCUT2D eigenvalue weighted by molar-refractivity contribution is -0.115. The maximum atomic E-state index is 14.7. The molecule has 0 saturated heterocycles. The summed E-state index contributed by atoms with van der Waals surface area (Å²) in [7, 11) is 0. The van der Waals surface area contributed by atoms with E-state index in [1.807, 2.05) is 12.1 Å². The summed E-state index contributed by atoms with van der Waals surface area (Å²) in [6.45, 7) is 0. The number of nitrogens with one attached hydrogen (secondary N) is 2. The Balaban J connectivity index is 1.37. The summed E-state index contributed by atoms with van der Waals surface area (Å²) in [6, 6.07) is 10.4. The molecule has 3 heterocycles. The molecule has 1 amide bonds. The van der Waals surface area contributed by atoms with Crippen LogP contribution in [0.25, 0.3) is 22.2 Å². The Labute approximate surface area is 166 Å². The molecule has 0 bridgehead atoms. The molecule has 1 fully saturated rings. The standard InChI is InChI=1S/C22H18FN5O/c23-19-9-14(5-6-15(19)10-20(29)26-17-2-1-7-24-12-17)16-8-18-21(13-3-4-13)27-28-22(18)25-11-16/h1-2,5-9,11-13H,3-4,10H2,(H,26,29)(H,25,27,28). The number of carbonyl (C=O) groups is 1. The summed E-state index contributed by atoms with van der Waals surface area (Å²) in [6.07, 6.45) is 7.14. The van der Waals surface area contributed by atoms with Gasteiger partial charge in [-0.05, 0) is 48.2 Å². The highest BCUT2D eigenvalue weighted by atomic mass is 19.1. The van der Waals surface area contributed by atoms with Crippen molar-refractivity contribution in [3.63, 3.8) is 0 Å². The third kappa shape index (κ3) is 3.59. The first kappa shape index (κ1) is 17.5. The van der Waals surface area contributed by atoms with Gasteiger partial charge in [-0.15, -0.1) is 0 Å². The molecule has 0 radical (unpaired) electrons. The summed E-state index contributed by atoms with van der Waals surface area (Å²) in [5, 5.41) is 11.0. The number of hydrogen-bond donors (Lipinski definition) is 2. The van der Waals surface area contributed by atoms with Crippen LogP contribution in [0.1, 0.15) is 30.0 Å². The van der Waals surface area contributed by atoms with Crippen molar-refractivity contribution in [2.75, 3.05) is 5.32 Å². The number of halogens is 1. The van der Waals surface area contributed by atoms with Crippen molar-refractivity contribution in [2.45, 2.75) is 25.2 Å². The average Bonchev–Trinajstić information content (AvgIpc) is 3.49. The predicted molar refractivity (Wildman–Crippen MR) is 108 cm³/mol. The van der Waals surface area contributed by atoms with Gasteiger partial charge in [-0.3, -0.25) is 14.9 Å². The third-order valence-electron chi connectivity index (χ3n) is 5.11. The van der Waals surface area contributed by atoms with Crippen LogP contribution in [0.3, 0.4) is 0 Å².